The van der Waals surface area contributed by atoms with Crippen LogP contribution < -0.4 is 11.1 Å². The molecule has 0 aromatic heterocycles. The first-order valence-electron chi connectivity index (χ1n) is 6.13. The van der Waals surface area contributed by atoms with E-state index in [1.165, 1.54) is 0 Å². The van der Waals surface area contributed by atoms with Crippen molar-refractivity contribution < 1.29 is 14.3 Å². The predicted octanol–water partition coefficient (Wildman–Crippen LogP) is 0.255. The van der Waals surface area contributed by atoms with E-state index in [1.807, 2.05) is 35.2 Å². The molecule has 0 unspecified atom stereocenters. The van der Waals surface area contributed by atoms with Crippen molar-refractivity contribution >= 4 is 11.9 Å². The molecule has 1 aromatic rings. The van der Waals surface area contributed by atoms with E-state index in [0.29, 0.717) is 19.7 Å². The van der Waals surface area contributed by atoms with E-state index >= 15 is 0 Å². The number of nitrogens with one attached hydrogen (secondary N) is 1. The summed E-state index contributed by atoms with van der Waals surface area (Å²) in [7, 11) is 0. The highest BCUT2D eigenvalue weighted by atomic mass is 16.5. The van der Waals surface area contributed by atoms with Crippen molar-refractivity contribution in [3.05, 3.63) is 35.9 Å². The second-order valence-corrected chi connectivity index (χ2v) is 4.42. The largest absolute Gasteiger partial charge is 0.371 e. The van der Waals surface area contributed by atoms with Gasteiger partial charge in [0.25, 0.3) is 0 Å². The van der Waals surface area contributed by atoms with E-state index in [-0.39, 0.29) is 18.6 Å². The fourth-order valence-electron chi connectivity index (χ4n) is 2.10. The van der Waals surface area contributed by atoms with Crippen LogP contribution in [-0.4, -0.2) is 43.1 Å². The molecule has 1 fully saturated rings. The topological polar surface area (TPSA) is 84.7 Å². The Hall–Kier alpha value is -1.92. The van der Waals surface area contributed by atoms with Gasteiger partial charge in [-0.1, -0.05) is 30.3 Å². The Morgan fingerprint density at radius 1 is 1.37 bits per heavy atom. The lowest BCUT2D eigenvalue weighted by molar-refractivity contribution is -0.123. The van der Waals surface area contributed by atoms with Crippen LogP contribution in [0.4, 0.5) is 4.79 Å². The fraction of sp³-hybridized carbons (Fsp3) is 0.385. The maximum Gasteiger partial charge on any atom is 0.318 e. The molecule has 0 saturated carbocycles. The van der Waals surface area contributed by atoms with Crippen molar-refractivity contribution in [2.75, 3.05) is 26.2 Å². The van der Waals surface area contributed by atoms with Crippen LogP contribution in [-0.2, 0) is 9.53 Å². The van der Waals surface area contributed by atoms with Crippen LogP contribution in [0.5, 0.6) is 0 Å². The number of primary amides is 1. The van der Waals surface area contributed by atoms with Crippen LogP contribution in [0.15, 0.2) is 30.3 Å². The smallest absolute Gasteiger partial charge is 0.318 e. The molecule has 1 atom stereocenters. The molecule has 2 rings (SSSR count). The maximum atomic E-state index is 11.5. The second kappa shape index (κ2) is 6.31. The van der Waals surface area contributed by atoms with Crippen LogP contribution in [0.1, 0.15) is 11.7 Å². The molecular formula is C13H17N3O3. The van der Waals surface area contributed by atoms with Crippen LogP contribution in [0.25, 0.3) is 0 Å². The summed E-state index contributed by atoms with van der Waals surface area (Å²) in [5.74, 6) is -0.388. The number of carbonyl (C=O) groups is 2. The number of hydrogen-bond acceptors (Lipinski definition) is 4. The monoisotopic (exact) mass is 263 g/mol. The molecule has 1 aliphatic heterocycles. The van der Waals surface area contributed by atoms with Gasteiger partial charge in [0.05, 0.1) is 19.3 Å². The SMILES string of the molecule is NC(=O)NC(=O)CN1CCO[C@@H](c2ccccc2)C1. The minimum absolute atomic E-state index is 0.0451. The van der Waals surface area contributed by atoms with Crippen LogP contribution in [0.2, 0.25) is 0 Å². The highest BCUT2D eigenvalue weighted by molar-refractivity contribution is 5.94. The number of nitrogens with two attached hydrogens (primary N) is 1. The average Bonchev–Trinajstić information content (AvgIpc) is 2.39. The van der Waals surface area contributed by atoms with Gasteiger partial charge < -0.3 is 10.5 Å². The van der Waals surface area contributed by atoms with Gasteiger partial charge in [0.15, 0.2) is 0 Å². The normalized spacial score (nSPS) is 19.9. The minimum atomic E-state index is -0.821. The number of amides is 3. The van der Waals surface area contributed by atoms with E-state index < -0.39 is 6.03 Å². The zero-order valence-electron chi connectivity index (χ0n) is 10.5. The minimum Gasteiger partial charge on any atom is -0.371 e. The molecule has 102 valence electrons. The summed E-state index contributed by atoms with van der Waals surface area (Å²) in [6.45, 7) is 1.99. The summed E-state index contributed by atoms with van der Waals surface area (Å²) in [6.07, 6.45) is -0.0451. The predicted molar refractivity (Wildman–Crippen MR) is 69.3 cm³/mol. The van der Waals surface area contributed by atoms with Gasteiger partial charge in [-0.2, -0.15) is 0 Å². The molecule has 6 heteroatoms. The van der Waals surface area contributed by atoms with E-state index in [1.54, 1.807) is 0 Å². The van der Waals surface area contributed by atoms with Crippen molar-refractivity contribution in [1.29, 1.82) is 0 Å². The van der Waals surface area contributed by atoms with Crippen molar-refractivity contribution in [2.24, 2.45) is 5.73 Å². The first kappa shape index (κ1) is 13.5. The highest BCUT2D eigenvalue weighted by Crippen LogP contribution is 2.21. The van der Waals surface area contributed by atoms with E-state index in [4.69, 9.17) is 10.5 Å². The molecule has 0 radical (unpaired) electrons. The Morgan fingerprint density at radius 3 is 2.79 bits per heavy atom. The quantitative estimate of drug-likeness (QED) is 0.819. The fourth-order valence-corrected chi connectivity index (χ4v) is 2.10. The maximum absolute atomic E-state index is 11.5. The van der Waals surface area contributed by atoms with Crippen molar-refractivity contribution in [3.8, 4) is 0 Å². The number of urea groups is 1. The number of benzene rings is 1. The molecule has 0 aliphatic carbocycles. The number of ether oxygens (including phenoxy) is 1. The summed E-state index contributed by atoms with van der Waals surface area (Å²) in [4.78, 5) is 24.0. The van der Waals surface area contributed by atoms with Gasteiger partial charge >= 0.3 is 6.03 Å². The Bertz CT molecular complexity index is 450. The lowest BCUT2D eigenvalue weighted by Gasteiger charge is -2.32. The summed E-state index contributed by atoms with van der Waals surface area (Å²) in [6, 6.07) is 9.03. The molecule has 19 heavy (non-hydrogen) atoms. The van der Waals surface area contributed by atoms with Gasteiger partial charge in [0.1, 0.15) is 0 Å². The number of rotatable bonds is 3. The molecule has 1 aliphatic rings. The first-order valence-corrected chi connectivity index (χ1v) is 6.13. The summed E-state index contributed by atoms with van der Waals surface area (Å²) < 4.78 is 5.69. The standard InChI is InChI=1S/C13H17N3O3/c14-13(18)15-12(17)9-16-6-7-19-11(8-16)10-4-2-1-3-5-10/h1-5,11H,6-9H2,(H3,14,15,17,18)/t11-/m1/s1. The van der Waals surface area contributed by atoms with Crippen LogP contribution in [0.3, 0.4) is 0 Å². The van der Waals surface area contributed by atoms with Crippen molar-refractivity contribution in [1.82, 2.24) is 10.2 Å². The third kappa shape index (κ3) is 4.04. The first-order chi connectivity index (χ1) is 9.15. The van der Waals surface area contributed by atoms with Gasteiger partial charge in [-0.3, -0.25) is 15.0 Å². The lowest BCUT2D eigenvalue weighted by atomic mass is 10.1. The number of carbonyl (C=O) groups excluding carboxylic acids is 2. The molecular weight excluding hydrogens is 246 g/mol. The second-order valence-electron chi connectivity index (χ2n) is 4.42. The number of hydrogen-bond donors (Lipinski definition) is 2. The highest BCUT2D eigenvalue weighted by Gasteiger charge is 2.23. The third-order valence-corrected chi connectivity index (χ3v) is 2.95. The molecule has 3 N–H and O–H groups in total. The zero-order chi connectivity index (χ0) is 13.7. The molecule has 1 heterocycles. The Balaban J connectivity index is 1.90. The number of nitrogens with zero attached hydrogens (tertiary/aromatic N) is 1. The van der Waals surface area contributed by atoms with Gasteiger partial charge in [-0.05, 0) is 5.56 Å². The molecule has 1 aromatic carbocycles. The molecule has 6 nitrogen and oxygen atoms in total. The van der Waals surface area contributed by atoms with Gasteiger partial charge in [-0.15, -0.1) is 0 Å². The Morgan fingerprint density at radius 2 is 2.11 bits per heavy atom. The summed E-state index contributed by atoms with van der Waals surface area (Å²) in [5.41, 5.74) is 5.99. The molecule has 1 saturated heterocycles. The van der Waals surface area contributed by atoms with E-state index in [2.05, 4.69) is 5.32 Å². The van der Waals surface area contributed by atoms with Gasteiger partial charge in [0.2, 0.25) is 5.91 Å². The molecule has 0 spiro atoms. The summed E-state index contributed by atoms with van der Waals surface area (Å²) in [5, 5.41) is 2.06. The van der Waals surface area contributed by atoms with Gasteiger partial charge in [0, 0.05) is 13.1 Å². The molecule has 3 amide bonds. The van der Waals surface area contributed by atoms with Crippen molar-refractivity contribution in [2.45, 2.75) is 6.10 Å². The molecule has 0 bridgehead atoms. The lowest BCUT2D eigenvalue weighted by Crippen LogP contribution is -2.46. The third-order valence-electron chi connectivity index (χ3n) is 2.95. The summed E-state index contributed by atoms with van der Waals surface area (Å²) >= 11 is 0. The van der Waals surface area contributed by atoms with E-state index in [9.17, 15) is 9.59 Å². The Kier molecular flexibility index (Phi) is 4.48. The van der Waals surface area contributed by atoms with E-state index in [0.717, 1.165) is 5.56 Å². The zero-order valence-corrected chi connectivity index (χ0v) is 10.5. The van der Waals surface area contributed by atoms with Crippen LogP contribution in [0, 0.1) is 0 Å². The number of morpholine rings is 1. The number of imide groups is 1. The Labute approximate surface area is 111 Å². The van der Waals surface area contributed by atoms with Gasteiger partial charge in [-0.25, -0.2) is 4.79 Å². The average molecular weight is 263 g/mol. The van der Waals surface area contributed by atoms with Crippen molar-refractivity contribution in [3.63, 3.8) is 0 Å². The van der Waals surface area contributed by atoms with Crippen LogP contribution >= 0.6 is 0 Å².